The minimum atomic E-state index is -0.494. The van der Waals surface area contributed by atoms with Gasteiger partial charge in [-0.3, -0.25) is 10.1 Å². The molecule has 0 bridgehead atoms. The summed E-state index contributed by atoms with van der Waals surface area (Å²) < 4.78 is 6.89. The van der Waals surface area contributed by atoms with Gasteiger partial charge in [0.05, 0.1) is 4.92 Å². The summed E-state index contributed by atoms with van der Waals surface area (Å²) in [4.78, 5) is 10.5. The summed E-state index contributed by atoms with van der Waals surface area (Å²) >= 11 is 0. The van der Waals surface area contributed by atoms with E-state index in [9.17, 15) is 10.1 Å². The molecule has 1 heterocycles. The van der Waals surface area contributed by atoms with Crippen molar-refractivity contribution in [2.45, 2.75) is 13.5 Å². The number of aryl methyl sites for hydroxylation is 2. The quantitative estimate of drug-likeness (QED) is 0.670. The highest BCUT2D eigenvalue weighted by Crippen LogP contribution is 2.33. The van der Waals surface area contributed by atoms with Crippen LogP contribution in [0.25, 0.3) is 0 Å². The Hall–Kier alpha value is -2.41. The van der Waals surface area contributed by atoms with Crippen LogP contribution in [0.15, 0.2) is 24.3 Å². The number of nitrogens with zero attached hydrogens (tertiary/aromatic N) is 3. The van der Waals surface area contributed by atoms with Crippen LogP contribution in [0.3, 0.4) is 0 Å². The Morgan fingerprint density at radius 2 is 2.05 bits per heavy atom. The Morgan fingerprint density at radius 1 is 1.42 bits per heavy atom. The molecule has 7 nitrogen and oxygen atoms in total. The Labute approximate surface area is 109 Å². The number of ether oxygens (including phenoxy) is 1. The molecule has 0 aliphatic carbocycles. The van der Waals surface area contributed by atoms with Crippen LogP contribution in [0.2, 0.25) is 0 Å². The van der Waals surface area contributed by atoms with Gasteiger partial charge in [0, 0.05) is 13.6 Å². The summed E-state index contributed by atoms with van der Waals surface area (Å²) in [6.07, 6.45) is 0. The van der Waals surface area contributed by atoms with Gasteiger partial charge in [-0.25, -0.2) is 4.68 Å². The third-order valence-corrected chi connectivity index (χ3v) is 2.70. The van der Waals surface area contributed by atoms with E-state index in [1.54, 1.807) is 26.1 Å². The predicted molar refractivity (Wildman–Crippen MR) is 69.0 cm³/mol. The third-order valence-electron chi connectivity index (χ3n) is 2.70. The van der Waals surface area contributed by atoms with Gasteiger partial charge in [-0.1, -0.05) is 12.1 Å². The van der Waals surface area contributed by atoms with E-state index in [1.807, 2.05) is 12.1 Å². The molecule has 1 aromatic carbocycles. The molecule has 7 heteroatoms. The molecule has 0 aliphatic heterocycles. The van der Waals surface area contributed by atoms with Crippen molar-refractivity contribution in [1.29, 1.82) is 0 Å². The fourth-order valence-corrected chi connectivity index (χ4v) is 1.76. The monoisotopic (exact) mass is 262 g/mol. The number of hydrogen-bond acceptors (Lipinski definition) is 5. The summed E-state index contributed by atoms with van der Waals surface area (Å²) in [6.45, 7) is 2.01. The van der Waals surface area contributed by atoms with Gasteiger partial charge < -0.3 is 10.5 Å². The highest BCUT2D eigenvalue weighted by atomic mass is 16.6. The van der Waals surface area contributed by atoms with Gasteiger partial charge in [0.25, 0.3) is 5.88 Å². The van der Waals surface area contributed by atoms with Crippen molar-refractivity contribution in [1.82, 2.24) is 9.78 Å². The first kappa shape index (κ1) is 13.0. The molecule has 100 valence electrons. The van der Waals surface area contributed by atoms with Crippen molar-refractivity contribution in [3.63, 3.8) is 0 Å². The average molecular weight is 262 g/mol. The molecular weight excluding hydrogens is 248 g/mol. The second-order valence-electron chi connectivity index (χ2n) is 4.07. The maximum Gasteiger partial charge on any atom is 0.353 e. The Kier molecular flexibility index (Phi) is 3.48. The molecule has 0 amide bonds. The molecule has 0 saturated heterocycles. The van der Waals surface area contributed by atoms with Crippen LogP contribution >= 0.6 is 0 Å². The van der Waals surface area contributed by atoms with Gasteiger partial charge >= 0.3 is 5.69 Å². The standard InChI is InChI=1S/C12H14N4O3/c1-8-11(16(17)18)12(15(2)14-8)19-10-5-3-9(7-13)4-6-10/h3-6H,7,13H2,1-2H3. The largest absolute Gasteiger partial charge is 0.434 e. The van der Waals surface area contributed by atoms with E-state index in [4.69, 9.17) is 10.5 Å². The summed E-state index contributed by atoms with van der Waals surface area (Å²) in [5, 5.41) is 15.0. The predicted octanol–water partition coefficient (Wildman–Crippen LogP) is 1.89. The molecule has 19 heavy (non-hydrogen) atoms. The first-order valence-corrected chi connectivity index (χ1v) is 5.67. The van der Waals surface area contributed by atoms with Crippen LogP contribution in [0.1, 0.15) is 11.3 Å². The van der Waals surface area contributed by atoms with Gasteiger partial charge in [-0.15, -0.1) is 0 Å². The zero-order chi connectivity index (χ0) is 14.0. The lowest BCUT2D eigenvalue weighted by Crippen LogP contribution is -1.98. The van der Waals surface area contributed by atoms with Crippen molar-refractivity contribution in [2.24, 2.45) is 12.8 Å². The molecule has 2 aromatic rings. The van der Waals surface area contributed by atoms with Crippen LogP contribution in [-0.4, -0.2) is 14.7 Å². The molecule has 0 saturated carbocycles. The average Bonchev–Trinajstić information content (AvgIpc) is 2.65. The molecule has 0 fully saturated rings. The van der Waals surface area contributed by atoms with E-state index < -0.39 is 4.92 Å². The molecular formula is C12H14N4O3. The lowest BCUT2D eigenvalue weighted by atomic mass is 10.2. The van der Waals surface area contributed by atoms with E-state index in [-0.39, 0.29) is 11.6 Å². The van der Waals surface area contributed by atoms with E-state index >= 15 is 0 Å². The van der Waals surface area contributed by atoms with Crippen LogP contribution in [0.4, 0.5) is 5.69 Å². The Balaban J connectivity index is 2.34. The summed E-state index contributed by atoms with van der Waals surface area (Å²) in [6, 6.07) is 7.05. The number of benzene rings is 1. The summed E-state index contributed by atoms with van der Waals surface area (Å²) in [5.74, 6) is 0.617. The summed E-state index contributed by atoms with van der Waals surface area (Å²) in [7, 11) is 1.60. The lowest BCUT2D eigenvalue weighted by Gasteiger charge is -2.05. The van der Waals surface area contributed by atoms with Crippen molar-refractivity contribution < 1.29 is 9.66 Å². The van der Waals surface area contributed by atoms with E-state index in [0.717, 1.165) is 5.56 Å². The number of nitrogens with two attached hydrogens (primary N) is 1. The highest BCUT2D eigenvalue weighted by Gasteiger charge is 2.26. The molecule has 2 rings (SSSR count). The van der Waals surface area contributed by atoms with Gasteiger partial charge in [-0.2, -0.15) is 5.10 Å². The molecule has 1 aromatic heterocycles. The Morgan fingerprint density at radius 3 is 2.58 bits per heavy atom. The lowest BCUT2D eigenvalue weighted by molar-refractivity contribution is -0.386. The second kappa shape index (κ2) is 5.07. The fourth-order valence-electron chi connectivity index (χ4n) is 1.76. The molecule has 0 unspecified atom stereocenters. The van der Waals surface area contributed by atoms with Gasteiger partial charge in [0.2, 0.25) is 0 Å². The molecule has 2 N–H and O–H groups in total. The van der Waals surface area contributed by atoms with Crippen LogP contribution < -0.4 is 10.5 Å². The van der Waals surface area contributed by atoms with E-state index in [1.165, 1.54) is 4.68 Å². The molecule has 0 atom stereocenters. The molecule has 0 spiro atoms. The van der Waals surface area contributed by atoms with E-state index in [0.29, 0.717) is 18.0 Å². The first-order chi connectivity index (χ1) is 9.02. The van der Waals surface area contributed by atoms with Gasteiger partial charge in [0.1, 0.15) is 11.4 Å². The SMILES string of the molecule is Cc1nn(C)c(Oc2ccc(CN)cc2)c1[N+](=O)[O-]. The molecule has 0 radical (unpaired) electrons. The van der Waals surface area contributed by atoms with Crippen LogP contribution in [-0.2, 0) is 13.6 Å². The van der Waals surface area contributed by atoms with Crippen molar-refractivity contribution in [3.05, 3.63) is 45.6 Å². The second-order valence-corrected chi connectivity index (χ2v) is 4.07. The van der Waals surface area contributed by atoms with Crippen molar-refractivity contribution in [3.8, 4) is 11.6 Å². The number of hydrogen-bond donors (Lipinski definition) is 1. The maximum atomic E-state index is 11.0. The third kappa shape index (κ3) is 2.55. The summed E-state index contributed by atoms with van der Waals surface area (Å²) in [5.41, 5.74) is 6.66. The minimum absolute atomic E-state index is 0.114. The fraction of sp³-hybridized carbons (Fsp3) is 0.250. The Bertz CT molecular complexity index is 604. The van der Waals surface area contributed by atoms with Crippen LogP contribution in [0.5, 0.6) is 11.6 Å². The van der Waals surface area contributed by atoms with E-state index in [2.05, 4.69) is 5.10 Å². The van der Waals surface area contributed by atoms with Crippen LogP contribution in [0, 0.1) is 17.0 Å². The highest BCUT2D eigenvalue weighted by molar-refractivity contribution is 5.47. The topological polar surface area (TPSA) is 96.2 Å². The molecule has 0 aliphatic rings. The zero-order valence-corrected chi connectivity index (χ0v) is 10.7. The van der Waals surface area contributed by atoms with Gasteiger partial charge in [-0.05, 0) is 24.6 Å². The normalized spacial score (nSPS) is 10.5. The van der Waals surface area contributed by atoms with Gasteiger partial charge in [0.15, 0.2) is 0 Å². The number of aromatic nitrogens is 2. The van der Waals surface area contributed by atoms with Crippen molar-refractivity contribution >= 4 is 5.69 Å². The minimum Gasteiger partial charge on any atom is -0.434 e. The maximum absolute atomic E-state index is 11.0. The first-order valence-electron chi connectivity index (χ1n) is 5.67. The smallest absolute Gasteiger partial charge is 0.353 e. The zero-order valence-electron chi connectivity index (χ0n) is 10.7. The number of nitro groups is 1. The van der Waals surface area contributed by atoms with Crippen molar-refractivity contribution in [2.75, 3.05) is 0 Å². The number of rotatable bonds is 4.